The van der Waals surface area contributed by atoms with Gasteiger partial charge in [0.15, 0.2) is 13.1 Å². The molecular formula is C19H22Cl2N3O2+. The largest absolute Gasteiger partial charge is 0.351 e. The highest BCUT2D eigenvalue weighted by molar-refractivity contribution is 6.33. The molecule has 1 atom stereocenters. The van der Waals surface area contributed by atoms with Crippen LogP contribution in [0.25, 0.3) is 0 Å². The maximum Gasteiger partial charge on any atom is 0.279 e. The van der Waals surface area contributed by atoms with Crippen LogP contribution in [0.3, 0.4) is 0 Å². The lowest BCUT2D eigenvalue weighted by Crippen LogP contribution is -3.11. The van der Waals surface area contributed by atoms with Crippen molar-refractivity contribution in [1.29, 1.82) is 0 Å². The van der Waals surface area contributed by atoms with Gasteiger partial charge in [0.25, 0.3) is 11.8 Å². The summed E-state index contributed by atoms with van der Waals surface area (Å²) in [4.78, 5) is 24.8. The number of benzene rings is 2. The molecule has 26 heavy (non-hydrogen) atoms. The van der Waals surface area contributed by atoms with Crippen molar-refractivity contribution in [2.75, 3.05) is 32.0 Å². The van der Waals surface area contributed by atoms with Crippen molar-refractivity contribution in [3.8, 4) is 0 Å². The van der Waals surface area contributed by atoms with Gasteiger partial charge in [-0.25, -0.2) is 0 Å². The van der Waals surface area contributed by atoms with Gasteiger partial charge in [0, 0.05) is 11.6 Å². The van der Waals surface area contributed by atoms with E-state index in [4.69, 9.17) is 23.2 Å². The zero-order valence-corrected chi connectivity index (χ0v) is 16.0. The summed E-state index contributed by atoms with van der Waals surface area (Å²) in [6, 6.07) is 14.6. The van der Waals surface area contributed by atoms with Gasteiger partial charge >= 0.3 is 0 Å². The summed E-state index contributed by atoms with van der Waals surface area (Å²) in [5.74, 6) is -0.286. The predicted molar refractivity (Wildman–Crippen MR) is 105 cm³/mol. The average molecular weight is 395 g/mol. The third-order valence-corrected chi connectivity index (χ3v) is 4.30. The number of rotatable bonds is 8. The fourth-order valence-electron chi connectivity index (χ4n) is 2.43. The van der Waals surface area contributed by atoms with E-state index in [1.165, 1.54) is 0 Å². The summed E-state index contributed by atoms with van der Waals surface area (Å²) in [6.45, 7) is 0.936. The minimum Gasteiger partial charge on any atom is -0.351 e. The Bertz CT molecular complexity index is 751. The highest BCUT2D eigenvalue weighted by Gasteiger charge is 2.14. The Morgan fingerprint density at radius 3 is 2.31 bits per heavy atom. The summed E-state index contributed by atoms with van der Waals surface area (Å²) < 4.78 is 0. The lowest BCUT2D eigenvalue weighted by Gasteiger charge is -2.14. The molecule has 2 aromatic rings. The number of para-hydroxylation sites is 1. The van der Waals surface area contributed by atoms with Crippen LogP contribution in [0.1, 0.15) is 5.56 Å². The summed E-state index contributed by atoms with van der Waals surface area (Å²) in [6.07, 6.45) is 0.731. The van der Waals surface area contributed by atoms with Gasteiger partial charge in [-0.15, -0.1) is 0 Å². The van der Waals surface area contributed by atoms with E-state index in [2.05, 4.69) is 10.6 Å². The molecule has 3 N–H and O–H groups in total. The Labute approximate surface area is 163 Å². The Morgan fingerprint density at radius 1 is 0.962 bits per heavy atom. The quantitative estimate of drug-likeness (QED) is 0.639. The molecule has 0 saturated carbocycles. The second kappa shape index (κ2) is 10.2. The van der Waals surface area contributed by atoms with E-state index in [9.17, 15) is 9.59 Å². The van der Waals surface area contributed by atoms with Crippen LogP contribution < -0.4 is 15.5 Å². The van der Waals surface area contributed by atoms with Crippen molar-refractivity contribution in [2.24, 2.45) is 0 Å². The maximum absolute atomic E-state index is 12.1. The Hall–Kier alpha value is -2.08. The minimum absolute atomic E-state index is 0.0954. The standard InChI is InChI=1S/C19H21Cl2N3O2/c1-24(13-19(26)23-17-5-3-2-4-16(17)21)12-18(25)22-11-10-14-6-8-15(20)9-7-14/h2-9H,10-13H2,1H3,(H,22,25)(H,23,26)/p+1. The van der Waals surface area contributed by atoms with Crippen molar-refractivity contribution in [3.05, 3.63) is 64.1 Å². The topological polar surface area (TPSA) is 62.6 Å². The molecule has 0 spiro atoms. The van der Waals surface area contributed by atoms with Crippen LogP contribution in [0.5, 0.6) is 0 Å². The summed E-state index contributed by atoms with van der Waals surface area (Å²) in [5.41, 5.74) is 1.67. The van der Waals surface area contributed by atoms with Gasteiger partial charge in [-0.3, -0.25) is 9.59 Å². The highest BCUT2D eigenvalue weighted by atomic mass is 35.5. The average Bonchev–Trinajstić information content (AvgIpc) is 2.58. The highest BCUT2D eigenvalue weighted by Crippen LogP contribution is 2.19. The van der Waals surface area contributed by atoms with Gasteiger partial charge in [-0.05, 0) is 36.2 Å². The molecule has 0 fully saturated rings. The molecule has 0 heterocycles. The van der Waals surface area contributed by atoms with Crippen molar-refractivity contribution < 1.29 is 14.5 Å². The molecule has 0 radical (unpaired) electrons. The zero-order valence-electron chi connectivity index (χ0n) is 14.5. The molecule has 0 aliphatic heterocycles. The predicted octanol–water partition coefficient (Wildman–Crippen LogP) is 1.81. The smallest absolute Gasteiger partial charge is 0.279 e. The van der Waals surface area contributed by atoms with E-state index in [1.54, 1.807) is 31.3 Å². The molecule has 0 saturated heterocycles. The minimum atomic E-state index is -0.190. The molecule has 5 nitrogen and oxygen atoms in total. The molecule has 2 rings (SSSR count). The third kappa shape index (κ3) is 7.04. The monoisotopic (exact) mass is 394 g/mol. The molecule has 7 heteroatoms. The Kier molecular flexibility index (Phi) is 7.91. The molecule has 0 aromatic heterocycles. The fourth-order valence-corrected chi connectivity index (χ4v) is 2.74. The second-order valence-electron chi connectivity index (χ2n) is 6.07. The van der Waals surface area contributed by atoms with Crippen LogP contribution in [0.4, 0.5) is 5.69 Å². The molecular weight excluding hydrogens is 373 g/mol. The Balaban J connectivity index is 1.68. The number of halogens is 2. The van der Waals surface area contributed by atoms with Crippen molar-refractivity contribution in [3.63, 3.8) is 0 Å². The summed E-state index contributed by atoms with van der Waals surface area (Å²) >= 11 is 11.9. The molecule has 1 unspecified atom stereocenters. The molecule has 0 aliphatic carbocycles. The van der Waals surface area contributed by atoms with Crippen LogP contribution >= 0.6 is 23.2 Å². The van der Waals surface area contributed by atoms with E-state index >= 15 is 0 Å². The maximum atomic E-state index is 12.1. The molecule has 138 valence electrons. The number of likely N-dealkylation sites (N-methyl/N-ethyl adjacent to an activating group) is 1. The molecule has 2 aromatic carbocycles. The van der Waals surface area contributed by atoms with Crippen LogP contribution in [0.15, 0.2) is 48.5 Å². The van der Waals surface area contributed by atoms with Crippen molar-refractivity contribution >= 4 is 40.7 Å². The van der Waals surface area contributed by atoms with Crippen LogP contribution in [-0.4, -0.2) is 38.5 Å². The first-order chi connectivity index (χ1) is 12.4. The number of hydrogen-bond acceptors (Lipinski definition) is 2. The second-order valence-corrected chi connectivity index (χ2v) is 6.91. The number of amides is 2. The summed E-state index contributed by atoms with van der Waals surface area (Å²) in [7, 11) is 1.80. The normalized spacial score (nSPS) is 11.7. The van der Waals surface area contributed by atoms with Crippen LogP contribution in [0.2, 0.25) is 10.0 Å². The SMILES string of the molecule is C[NH+](CC(=O)NCCc1ccc(Cl)cc1)CC(=O)Nc1ccccc1Cl. The van der Waals surface area contributed by atoms with E-state index < -0.39 is 0 Å². The lowest BCUT2D eigenvalue weighted by molar-refractivity contribution is -0.862. The first kappa shape index (κ1) is 20.2. The van der Waals surface area contributed by atoms with Gasteiger partial charge in [0.2, 0.25) is 0 Å². The number of nitrogens with one attached hydrogen (secondary N) is 3. The van der Waals surface area contributed by atoms with E-state index in [0.29, 0.717) is 22.3 Å². The number of quaternary nitrogens is 1. The van der Waals surface area contributed by atoms with Crippen LogP contribution in [0, 0.1) is 0 Å². The molecule has 2 amide bonds. The third-order valence-electron chi connectivity index (χ3n) is 3.72. The van der Waals surface area contributed by atoms with E-state index in [0.717, 1.165) is 16.9 Å². The number of anilines is 1. The van der Waals surface area contributed by atoms with Crippen LogP contribution in [-0.2, 0) is 16.0 Å². The van der Waals surface area contributed by atoms with Gasteiger partial charge in [-0.2, -0.15) is 0 Å². The van der Waals surface area contributed by atoms with Gasteiger partial charge in [0.1, 0.15) is 0 Å². The molecule has 0 bridgehead atoms. The number of carbonyl (C=O) groups is 2. The van der Waals surface area contributed by atoms with E-state index in [-0.39, 0.29) is 24.9 Å². The first-order valence-corrected chi connectivity index (χ1v) is 9.06. The van der Waals surface area contributed by atoms with Gasteiger partial charge in [-0.1, -0.05) is 47.5 Å². The summed E-state index contributed by atoms with van der Waals surface area (Å²) in [5, 5.41) is 6.79. The van der Waals surface area contributed by atoms with Gasteiger partial charge < -0.3 is 15.5 Å². The van der Waals surface area contributed by atoms with Gasteiger partial charge in [0.05, 0.1) is 17.8 Å². The molecule has 0 aliphatic rings. The van der Waals surface area contributed by atoms with Crippen molar-refractivity contribution in [1.82, 2.24) is 5.32 Å². The first-order valence-electron chi connectivity index (χ1n) is 8.31. The Morgan fingerprint density at radius 2 is 1.62 bits per heavy atom. The number of hydrogen-bond donors (Lipinski definition) is 3. The van der Waals surface area contributed by atoms with E-state index in [1.807, 2.05) is 24.3 Å². The lowest BCUT2D eigenvalue weighted by atomic mass is 10.1. The fraction of sp³-hybridized carbons (Fsp3) is 0.263. The van der Waals surface area contributed by atoms with Crippen molar-refractivity contribution in [2.45, 2.75) is 6.42 Å². The zero-order chi connectivity index (χ0) is 18.9. The number of carbonyl (C=O) groups excluding carboxylic acids is 2.